The Kier molecular flexibility index (Phi) is 3.74. The minimum atomic E-state index is -3.88. The van der Waals surface area contributed by atoms with Gasteiger partial charge in [-0.2, -0.15) is 0 Å². The zero-order chi connectivity index (χ0) is 18.6. The Morgan fingerprint density at radius 3 is 2.58 bits per heavy atom. The van der Waals surface area contributed by atoms with Gasteiger partial charge in [-0.3, -0.25) is 14.2 Å². The standard InChI is InChI=1S/C17H15N3O4S2/c1-10-11(2)25-15-14(10)17(22)19(9-18-15)7-8-20-16(21)12-5-3-4-6-13(12)26(20,23)24/h3-6,9H,7-8H2,1-2H3. The van der Waals surface area contributed by atoms with Crippen molar-refractivity contribution >= 4 is 37.5 Å². The number of thiophene rings is 1. The largest absolute Gasteiger partial charge is 0.297 e. The molecule has 0 saturated carbocycles. The first-order valence-corrected chi connectivity index (χ1v) is 10.2. The molecule has 0 unspecified atom stereocenters. The number of nitrogens with zero attached hydrogens (tertiary/aromatic N) is 3. The number of fused-ring (bicyclic) bond motifs is 2. The van der Waals surface area contributed by atoms with E-state index in [0.29, 0.717) is 10.2 Å². The first kappa shape index (κ1) is 16.9. The van der Waals surface area contributed by atoms with Crippen LogP contribution in [0.15, 0.2) is 40.3 Å². The fraction of sp³-hybridized carbons (Fsp3) is 0.235. The second-order valence-corrected chi connectivity index (χ2v) is 9.12. The van der Waals surface area contributed by atoms with Crippen LogP contribution in [0.4, 0.5) is 0 Å². The highest BCUT2D eigenvalue weighted by Gasteiger charge is 2.40. The highest BCUT2D eigenvalue weighted by Crippen LogP contribution is 2.30. The predicted molar refractivity (Wildman–Crippen MR) is 98.0 cm³/mol. The maximum atomic E-state index is 12.7. The van der Waals surface area contributed by atoms with Gasteiger partial charge in [0.15, 0.2) is 0 Å². The summed E-state index contributed by atoms with van der Waals surface area (Å²) in [5.41, 5.74) is 0.824. The maximum absolute atomic E-state index is 12.7. The second kappa shape index (κ2) is 5.75. The van der Waals surface area contributed by atoms with E-state index in [4.69, 9.17) is 0 Å². The monoisotopic (exact) mass is 389 g/mol. The molecule has 0 radical (unpaired) electrons. The summed E-state index contributed by atoms with van der Waals surface area (Å²) < 4.78 is 27.3. The molecule has 0 atom stereocenters. The van der Waals surface area contributed by atoms with E-state index in [2.05, 4.69) is 4.98 Å². The van der Waals surface area contributed by atoms with Crippen LogP contribution in [0.1, 0.15) is 20.8 Å². The molecule has 0 bridgehead atoms. The van der Waals surface area contributed by atoms with Gasteiger partial charge in [0.1, 0.15) is 9.73 Å². The summed E-state index contributed by atoms with van der Waals surface area (Å²) in [5.74, 6) is -0.565. The van der Waals surface area contributed by atoms with Crippen LogP contribution >= 0.6 is 11.3 Å². The number of benzene rings is 1. The molecule has 7 nitrogen and oxygen atoms in total. The molecular formula is C17H15N3O4S2. The van der Waals surface area contributed by atoms with Gasteiger partial charge < -0.3 is 0 Å². The number of hydrogen-bond acceptors (Lipinski definition) is 6. The van der Waals surface area contributed by atoms with Gasteiger partial charge in [-0.05, 0) is 31.5 Å². The van der Waals surface area contributed by atoms with Gasteiger partial charge in [0.2, 0.25) is 0 Å². The van der Waals surface area contributed by atoms with Crippen LogP contribution in [0.25, 0.3) is 10.2 Å². The van der Waals surface area contributed by atoms with Crippen molar-refractivity contribution in [1.82, 2.24) is 13.9 Å². The Bertz CT molecular complexity index is 1220. The predicted octanol–water partition coefficient (Wildman–Crippen LogP) is 1.92. The summed E-state index contributed by atoms with van der Waals surface area (Å²) >= 11 is 1.45. The first-order chi connectivity index (χ1) is 12.3. The highest BCUT2D eigenvalue weighted by molar-refractivity contribution is 7.90. The molecule has 1 aliphatic rings. The van der Waals surface area contributed by atoms with E-state index in [1.165, 1.54) is 34.4 Å². The second-order valence-electron chi connectivity index (χ2n) is 6.09. The third-order valence-corrected chi connectivity index (χ3v) is 7.57. The maximum Gasteiger partial charge on any atom is 0.269 e. The summed E-state index contributed by atoms with van der Waals surface area (Å²) in [7, 11) is -3.88. The molecule has 1 aromatic carbocycles. The number of aromatic nitrogens is 2. The van der Waals surface area contributed by atoms with Crippen molar-refractivity contribution in [2.75, 3.05) is 6.54 Å². The van der Waals surface area contributed by atoms with Gasteiger partial charge in [-0.15, -0.1) is 11.3 Å². The number of carbonyl (C=O) groups is 1. The average molecular weight is 389 g/mol. The van der Waals surface area contributed by atoms with E-state index < -0.39 is 15.9 Å². The third kappa shape index (κ3) is 2.31. The van der Waals surface area contributed by atoms with Crippen LogP contribution in [0, 0.1) is 13.8 Å². The van der Waals surface area contributed by atoms with Crippen molar-refractivity contribution in [3.05, 3.63) is 57.0 Å². The Morgan fingerprint density at radius 1 is 1.12 bits per heavy atom. The third-order valence-electron chi connectivity index (χ3n) is 4.61. The van der Waals surface area contributed by atoms with Gasteiger partial charge >= 0.3 is 0 Å². The molecule has 3 aromatic rings. The number of carbonyl (C=O) groups excluding carboxylic acids is 1. The Balaban J connectivity index is 1.68. The van der Waals surface area contributed by atoms with Crippen LogP contribution in [0.3, 0.4) is 0 Å². The van der Waals surface area contributed by atoms with E-state index in [9.17, 15) is 18.0 Å². The van der Waals surface area contributed by atoms with E-state index >= 15 is 0 Å². The van der Waals surface area contributed by atoms with Crippen LogP contribution < -0.4 is 5.56 Å². The first-order valence-electron chi connectivity index (χ1n) is 7.93. The zero-order valence-electron chi connectivity index (χ0n) is 14.1. The van der Waals surface area contributed by atoms with Crippen molar-refractivity contribution in [3.63, 3.8) is 0 Å². The smallest absolute Gasteiger partial charge is 0.269 e. The summed E-state index contributed by atoms with van der Waals surface area (Å²) in [6, 6.07) is 6.11. The molecule has 4 rings (SSSR count). The minimum Gasteiger partial charge on any atom is -0.297 e. The molecule has 0 aliphatic carbocycles. The number of amides is 1. The van der Waals surface area contributed by atoms with E-state index in [1.54, 1.807) is 12.1 Å². The SMILES string of the molecule is Cc1sc2ncn(CCN3C(=O)c4ccccc4S3(=O)=O)c(=O)c2c1C. The van der Waals surface area contributed by atoms with Gasteiger partial charge in [0.25, 0.3) is 21.5 Å². The normalized spacial score (nSPS) is 15.6. The van der Waals surface area contributed by atoms with Crippen molar-refractivity contribution in [1.29, 1.82) is 0 Å². The van der Waals surface area contributed by atoms with Crippen molar-refractivity contribution in [2.45, 2.75) is 25.3 Å². The lowest BCUT2D eigenvalue weighted by atomic mass is 10.2. The van der Waals surface area contributed by atoms with Crippen molar-refractivity contribution < 1.29 is 13.2 Å². The molecule has 0 N–H and O–H groups in total. The molecule has 0 fully saturated rings. The van der Waals surface area contributed by atoms with Gasteiger partial charge in [0.05, 0.1) is 23.8 Å². The topological polar surface area (TPSA) is 89.3 Å². The number of rotatable bonds is 3. The number of hydrogen-bond donors (Lipinski definition) is 0. The van der Waals surface area contributed by atoms with Gasteiger partial charge in [-0.1, -0.05) is 12.1 Å². The average Bonchev–Trinajstić information content (AvgIpc) is 3.00. The number of aryl methyl sites for hydroxylation is 2. The summed E-state index contributed by atoms with van der Waals surface area (Å²) in [6.07, 6.45) is 1.40. The van der Waals surface area contributed by atoms with E-state index in [1.807, 2.05) is 13.8 Å². The molecule has 0 saturated heterocycles. The Morgan fingerprint density at radius 2 is 1.85 bits per heavy atom. The molecule has 1 amide bonds. The molecule has 0 spiro atoms. The summed E-state index contributed by atoms with van der Waals surface area (Å²) in [4.78, 5) is 31.1. The molecule has 2 aromatic heterocycles. The van der Waals surface area contributed by atoms with Crippen molar-refractivity contribution in [2.24, 2.45) is 0 Å². The van der Waals surface area contributed by atoms with E-state index in [-0.39, 0.29) is 29.1 Å². The molecule has 26 heavy (non-hydrogen) atoms. The lowest BCUT2D eigenvalue weighted by Gasteiger charge is -2.15. The van der Waals surface area contributed by atoms with Gasteiger partial charge in [0, 0.05) is 11.4 Å². The lowest BCUT2D eigenvalue weighted by molar-refractivity contribution is 0.0868. The van der Waals surface area contributed by atoms with Crippen LogP contribution in [0.2, 0.25) is 0 Å². The number of sulfonamides is 1. The zero-order valence-corrected chi connectivity index (χ0v) is 15.7. The quantitative estimate of drug-likeness (QED) is 0.683. The highest BCUT2D eigenvalue weighted by atomic mass is 32.2. The fourth-order valence-electron chi connectivity index (χ4n) is 3.08. The molecule has 9 heteroatoms. The van der Waals surface area contributed by atoms with Gasteiger partial charge in [-0.25, -0.2) is 17.7 Å². The molecule has 1 aliphatic heterocycles. The van der Waals surface area contributed by atoms with Crippen molar-refractivity contribution in [3.8, 4) is 0 Å². The lowest BCUT2D eigenvalue weighted by Crippen LogP contribution is -2.35. The molecule has 3 heterocycles. The Labute approximate surface area is 153 Å². The molecular weight excluding hydrogens is 374 g/mol. The van der Waals surface area contributed by atoms with E-state index in [0.717, 1.165) is 14.7 Å². The summed E-state index contributed by atoms with van der Waals surface area (Å²) in [6.45, 7) is 3.73. The van der Waals surface area contributed by atoms with Crippen LogP contribution in [-0.2, 0) is 16.6 Å². The van der Waals surface area contributed by atoms with Crippen LogP contribution in [0.5, 0.6) is 0 Å². The minimum absolute atomic E-state index is 0.00947. The Hall–Kier alpha value is -2.52. The van der Waals surface area contributed by atoms with Crippen LogP contribution in [-0.4, -0.2) is 34.7 Å². The fourth-order valence-corrected chi connectivity index (χ4v) is 5.63. The summed E-state index contributed by atoms with van der Waals surface area (Å²) in [5, 5.41) is 0.550. The molecule has 134 valence electrons.